The lowest BCUT2D eigenvalue weighted by atomic mass is 10.0. The molecule has 0 aliphatic rings. The zero-order valence-electron chi connectivity index (χ0n) is 9.65. The molecule has 0 atom stereocenters. The van der Waals surface area contributed by atoms with E-state index in [0.717, 1.165) is 5.69 Å². The average Bonchev–Trinajstić information content (AvgIpc) is 2.18. The van der Waals surface area contributed by atoms with Crippen molar-refractivity contribution in [1.29, 1.82) is 0 Å². The third-order valence-corrected chi connectivity index (χ3v) is 2.31. The molecule has 0 aromatic heterocycles. The summed E-state index contributed by atoms with van der Waals surface area (Å²) in [5.41, 5.74) is 2.16. The van der Waals surface area contributed by atoms with E-state index in [4.69, 9.17) is 4.74 Å². The molecule has 0 amide bonds. The van der Waals surface area contributed by atoms with E-state index in [9.17, 15) is 4.79 Å². The Hall–Kier alpha value is -1.51. The van der Waals surface area contributed by atoms with Crippen LogP contribution in [-0.4, -0.2) is 20.6 Å². The van der Waals surface area contributed by atoms with Crippen molar-refractivity contribution >= 4 is 12.2 Å². The van der Waals surface area contributed by atoms with Crippen molar-refractivity contribution in [1.82, 2.24) is 0 Å². The fraction of sp³-hybridized carbons (Fsp3) is 0.417. The van der Waals surface area contributed by atoms with Crippen molar-refractivity contribution in [2.45, 2.75) is 19.8 Å². The Morgan fingerprint density at radius 1 is 1.33 bits per heavy atom. The molecule has 0 aliphatic heterocycles. The lowest BCUT2D eigenvalue weighted by Crippen LogP contribution is -2.11. The first-order valence-corrected chi connectivity index (χ1v) is 4.97. The van der Waals surface area contributed by atoms with Crippen LogP contribution in [0.1, 0.15) is 25.3 Å². The molecular formula is C12H17NO2. The van der Waals surface area contributed by atoms with Crippen LogP contribution in [-0.2, 0) is 4.79 Å². The lowest BCUT2D eigenvalue weighted by Gasteiger charge is -2.18. The predicted octanol–water partition coefficient (Wildman–Crippen LogP) is 2.41. The molecule has 0 aliphatic carbocycles. The second-order valence-electron chi connectivity index (χ2n) is 3.99. The van der Waals surface area contributed by atoms with E-state index in [0.29, 0.717) is 18.1 Å². The first-order valence-electron chi connectivity index (χ1n) is 4.97. The van der Waals surface area contributed by atoms with Gasteiger partial charge in [-0.2, -0.15) is 0 Å². The SMILES string of the molecule is CC(C)c1ccc(OC=O)c(N(C)C)c1. The molecule has 0 bridgehead atoms. The molecule has 1 aromatic carbocycles. The maximum atomic E-state index is 10.3. The van der Waals surface area contributed by atoms with Crippen LogP contribution >= 0.6 is 0 Å². The lowest BCUT2D eigenvalue weighted by molar-refractivity contribution is -0.120. The molecule has 1 aromatic rings. The number of nitrogens with zero attached hydrogens (tertiary/aromatic N) is 1. The van der Waals surface area contributed by atoms with Crippen molar-refractivity contribution < 1.29 is 9.53 Å². The van der Waals surface area contributed by atoms with Gasteiger partial charge in [0.1, 0.15) is 0 Å². The molecule has 0 heterocycles. The van der Waals surface area contributed by atoms with Gasteiger partial charge in [-0.3, -0.25) is 4.79 Å². The maximum Gasteiger partial charge on any atom is 0.298 e. The normalized spacial score (nSPS) is 10.2. The van der Waals surface area contributed by atoms with Gasteiger partial charge in [0, 0.05) is 14.1 Å². The van der Waals surface area contributed by atoms with E-state index in [1.54, 1.807) is 0 Å². The van der Waals surface area contributed by atoms with E-state index < -0.39 is 0 Å². The molecule has 1 rings (SSSR count). The molecule has 0 saturated carbocycles. The van der Waals surface area contributed by atoms with Crippen LogP contribution in [0.25, 0.3) is 0 Å². The monoisotopic (exact) mass is 207 g/mol. The fourth-order valence-corrected chi connectivity index (χ4v) is 1.39. The molecule has 0 N–H and O–H groups in total. The number of hydrogen-bond donors (Lipinski definition) is 0. The summed E-state index contributed by atoms with van der Waals surface area (Å²) in [6.45, 7) is 4.72. The van der Waals surface area contributed by atoms with Gasteiger partial charge in [-0.1, -0.05) is 19.9 Å². The van der Waals surface area contributed by atoms with Gasteiger partial charge < -0.3 is 9.64 Å². The van der Waals surface area contributed by atoms with Gasteiger partial charge in [-0.25, -0.2) is 0 Å². The largest absolute Gasteiger partial charge is 0.427 e. The Kier molecular flexibility index (Phi) is 3.72. The molecule has 82 valence electrons. The average molecular weight is 207 g/mol. The number of carbonyl (C=O) groups is 1. The van der Waals surface area contributed by atoms with Gasteiger partial charge in [-0.15, -0.1) is 0 Å². The van der Waals surface area contributed by atoms with Crippen molar-refractivity contribution in [3.8, 4) is 5.75 Å². The summed E-state index contributed by atoms with van der Waals surface area (Å²) < 4.78 is 4.91. The summed E-state index contributed by atoms with van der Waals surface area (Å²) in [5.74, 6) is 1.06. The van der Waals surface area contributed by atoms with Crippen molar-refractivity contribution in [2.75, 3.05) is 19.0 Å². The first kappa shape index (κ1) is 11.6. The molecule has 0 fully saturated rings. The minimum absolute atomic E-state index is 0.456. The standard InChI is InChI=1S/C12H17NO2/c1-9(2)10-5-6-12(15-8-14)11(7-10)13(3)4/h5-9H,1-4H3. The Balaban J connectivity index is 3.14. The zero-order valence-corrected chi connectivity index (χ0v) is 9.65. The van der Waals surface area contributed by atoms with Gasteiger partial charge >= 0.3 is 0 Å². The second-order valence-corrected chi connectivity index (χ2v) is 3.99. The van der Waals surface area contributed by atoms with Gasteiger partial charge in [-0.05, 0) is 23.6 Å². The highest BCUT2D eigenvalue weighted by molar-refractivity contribution is 5.63. The Bertz CT molecular complexity index is 345. The first-order chi connectivity index (χ1) is 7.06. The fourth-order valence-electron chi connectivity index (χ4n) is 1.39. The molecule has 0 radical (unpaired) electrons. The van der Waals surface area contributed by atoms with E-state index in [1.807, 2.05) is 37.2 Å². The Labute approximate surface area is 90.7 Å². The summed E-state index contributed by atoms with van der Waals surface area (Å²) in [4.78, 5) is 12.3. The zero-order chi connectivity index (χ0) is 11.4. The summed E-state index contributed by atoms with van der Waals surface area (Å²) >= 11 is 0. The summed E-state index contributed by atoms with van der Waals surface area (Å²) in [6.07, 6.45) is 0. The van der Waals surface area contributed by atoms with Crippen molar-refractivity contribution in [2.24, 2.45) is 0 Å². The van der Waals surface area contributed by atoms with Crippen LogP contribution in [0.15, 0.2) is 18.2 Å². The number of ether oxygens (including phenoxy) is 1. The molecular weight excluding hydrogens is 190 g/mol. The minimum atomic E-state index is 0.456. The quantitative estimate of drug-likeness (QED) is 0.710. The maximum absolute atomic E-state index is 10.3. The van der Waals surface area contributed by atoms with Crippen LogP contribution in [0, 0.1) is 0 Å². The van der Waals surface area contributed by atoms with Crippen LogP contribution in [0.3, 0.4) is 0 Å². The summed E-state index contributed by atoms with van der Waals surface area (Å²) in [6, 6.07) is 5.86. The van der Waals surface area contributed by atoms with Crippen LogP contribution < -0.4 is 9.64 Å². The van der Waals surface area contributed by atoms with Gasteiger partial charge in [0.25, 0.3) is 6.47 Å². The van der Waals surface area contributed by atoms with Gasteiger partial charge in [0.15, 0.2) is 5.75 Å². The van der Waals surface area contributed by atoms with E-state index in [1.165, 1.54) is 5.56 Å². The Morgan fingerprint density at radius 3 is 2.47 bits per heavy atom. The van der Waals surface area contributed by atoms with E-state index >= 15 is 0 Å². The molecule has 3 heteroatoms. The highest BCUT2D eigenvalue weighted by Crippen LogP contribution is 2.30. The molecule has 15 heavy (non-hydrogen) atoms. The van der Waals surface area contributed by atoms with E-state index in [-0.39, 0.29) is 0 Å². The molecule has 0 saturated heterocycles. The minimum Gasteiger partial charge on any atom is -0.427 e. The van der Waals surface area contributed by atoms with Crippen LogP contribution in [0.4, 0.5) is 5.69 Å². The van der Waals surface area contributed by atoms with Crippen LogP contribution in [0.2, 0.25) is 0 Å². The highest BCUT2D eigenvalue weighted by Gasteiger charge is 2.08. The summed E-state index contributed by atoms with van der Waals surface area (Å²) in [7, 11) is 3.86. The number of rotatable bonds is 4. The van der Waals surface area contributed by atoms with Crippen molar-refractivity contribution in [3.63, 3.8) is 0 Å². The topological polar surface area (TPSA) is 29.5 Å². The number of carbonyl (C=O) groups excluding carboxylic acids is 1. The third-order valence-electron chi connectivity index (χ3n) is 2.31. The van der Waals surface area contributed by atoms with Crippen LogP contribution in [0.5, 0.6) is 5.75 Å². The predicted molar refractivity (Wildman–Crippen MR) is 61.6 cm³/mol. The second kappa shape index (κ2) is 4.82. The Morgan fingerprint density at radius 2 is 2.00 bits per heavy atom. The smallest absolute Gasteiger partial charge is 0.298 e. The number of hydrogen-bond acceptors (Lipinski definition) is 3. The van der Waals surface area contributed by atoms with E-state index in [2.05, 4.69) is 13.8 Å². The van der Waals surface area contributed by atoms with Gasteiger partial charge in [0.2, 0.25) is 0 Å². The molecule has 0 spiro atoms. The highest BCUT2D eigenvalue weighted by atomic mass is 16.5. The summed E-state index contributed by atoms with van der Waals surface area (Å²) in [5, 5.41) is 0. The van der Waals surface area contributed by atoms with Crippen molar-refractivity contribution in [3.05, 3.63) is 23.8 Å². The van der Waals surface area contributed by atoms with Gasteiger partial charge in [0.05, 0.1) is 5.69 Å². The molecule has 0 unspecified atom stereocenters. The number of benzene rings is 1. The molecule has 3 nitrogen and oxygen atoms in total. The number of anilines is 1. The third kappa shape index (κ3) is 2.72.